The summed E-state index contributed by atoms with van der Waals surface area (Å²) in [6, 6.07) is 6.99. The van der Waals surface area contributed by atoms with Crippen LogP contribution in [0.2, 0.25) is 0 Å². The number of hydrogen-bond acceptors (Lipinski definition) is 6. The lowest BCUT2D eigenvalue weighted by molar-refractivity contribution is 0.0615. The van der Waals surface area contributed by atoms with Crippen LogP contribution < -0.4 is 4.90 Å². The fourth-order valence-corrected chi connectivity index (χ4v) is 6.02. The number of amides is 1. The van der Waals surface area contributed by atoms with E-state index in [-0.39, 0.29) is 22.7 Å². The number of nitriles is 1. The smallest absolute Gasteiger partial charge is 0.257 e. The van der Waals surface area contributed by atoms with Crippen molar-refractivity contribution in [3.05, 3.63) is 35.8 Å². The molecule has 2 aromatic rings. The van der Waals surface area contributed by atoms with Crippen LogP contribution >= 0.6 is 11.9 Å². The Labute approximate surface area is 192 Å². The lowest BCUT2D eigenvalue weighted by Gasteiger charge is -2.42. The minimum absolute atomic E-state index is 0.0284. The van der Waals surface area contributed by atoms with Crippen LogP contribution in [0.3, 0.4) is 0 Å². The van der Waals surface area contributed by atoms with Crippen LogP contribution in [-0.4, -0.2) is 64.6 Å². The van der Waals surface area contributed by atoms with Gasteiger partial charge >= 0.3 is 0 Å². The number of carbonyl (C=O) groups excluding carboxylic acids is 1. The van der Waals surface area contributed by atoms with E-state index < -0.39 is 0 Å². The number of pyridine rings is 1. The summed E-state index contributed by atoms with van der Waals surface area (Å²) in [5.74, 6) is -0.367. The zero-order chi connectivity index (χ0) is 22.5. The van der Waals surface area contributed by atoms with Gasteiger partial charge in [-0.15, -0.1) is 0 Å². The van der Waals surface area contributed by atoms with Gasteiger partial charge in [-0.2, -0.15) is 5.26 Å². The van der Waals surface area contributed by atoms with Crippen molar-refractivity contribution in [1.29, 1.82) is 5.26 Å². The van der Waals surface area contributed by atoms with Crippen LogP contribution in [0.25, 0.3) is 10.9 Å². The van der Waals surface area contributed by atoms with Gasteiger partial charge in [0.1, 0.15) is 5.82 Å². The Morgan fingerprint density at radius 1 is 1.19 bits per heavy atom. The average Bonchev–Trinajstić information content (AvgIpc) is 3.57. The molecule has 1 aliphatic carbocycles. The first-order valence-electron chi connectivity index (χ1n) is 11.2. The van der Waals surface area contributed by atoms with Gasteiger partial charge in [0.05, 0.1) is 28.3 Å². The third kappa shape index (κ3) is 3.61. The summed E-state index contributed by atoms with van der Waals surface area (Å²) in [5, 5.41) is 10.2. The summed E-state index contributed by atoms with van der Waals surface area (Å²) in [7, 11) is 0. The van der Waals surface area contributed by atoms with Crippen LogP contribution in [0.1, 0.15) is 43.0 Å². The molecule has 0 atom stereocenters. The van der Waals surface area contributed by atoms with Crippen molar-refractivity contribution >= 4 is 34.4 Å². The summed E-state index contributed by atoms with van der Waals surface area (Å²) in [6.07, 6.45) is 7.42. The quantitative estimate of drug-likeness (QED) is 0.653. The van der Waals surface area contributed by atoms with E-state index in [0.717, 1.165) is 31.6 Å². The van der Waals surface area contributed by atoms with Gasteiger partial charge in [-0.3, -0.25) is 9.78 Å². The number of piperidine rings is 1. The molecule has 3 fully saturated rings. The first kappa shape index (κ1) is 21.5. The Hall–Kier alpha value is -2.37. The van der Waals surface area contributed by atoms with Gasteiger partial charge in [0, 0.05) is 49.8 Å². The van der Waals surface area contributed by atoms with E-state index in [1.165, 1.54) is 12.1 Å². The Kier molecular flexibility index (Phi) is 5.30. The highest BCUT2D eigenvalue weighted by atomic mass is 32.2. The van der Waals surface area contributed by atoms with Crippen LogP contribution in [0.5, 0.6) is 0 Å². The molecule has 1 saturated carbocycles. The molecule has 6 nitrogen and oxygen atoms in total. The number of benzene rings is 1. The average molecular weight is 454 g/mol. The second-order valence-electron chi connectivity index (χ2n) is 9.58. The molecule has 0 radical (unpaired) electrons. The molecule has 8 heteroatoms. The van der Waals surface area contributed by atoms with Crippen molar-refractivity contribution in [2.45, 2.75) is 38.1 Å². The number of aromatic nitrogens is 1. The largest absolute Gasteiger partial charge is 0.370 e. The molecule has 1 aromatic heterocycles. The summed E-state index contributed by atoms with van der Waals surface area (Å²) in [4.78, 5) is 22.4. The van der Waals surface area contributed by atoms with Crippen LogP contribution in [0, 0.1) is 22.6 Å². The Balaban J connectivity index is 1.52. The molecule has 3 heterocycles. The number of anilines is 1. The zero-order valence-electron chi connectivity index (χ0n) is 18.6. The Morgan fingerprint density at radius 3 is 2.59 bits per heavy atom. The van der Waals surface area contributed by atoms with E-state index >= 15 is 0 Å². The van der Waals surface area contributed by atoms with E-state index in [1.807, 2.05) is 11.8 Å². The minimum Gasteiger partial charge on any atom is -0.370 e. The van der Waals surface area contributed by atoms with Crippen molar-refractivity contribution in [3.8, 4) is 6.07 Å². The fraction of sp³-hybridized carbons (Fsp3) is 0.542. The summed E-state index contributed by atoms with van der Waals surface area (Å²) in [5.41, 5.74) is 1.72. The highest BCUT2D eigenvalue weighted by Crippen LogP contribution is 2.47. The number of piperazine rings is 1. The Bertz CT molecular complexity index is 1100. The second kappa shape index (κ2) is 7.89. The van der Waals surface area contributed by atoms with Crippen LogP contribution in [0.15, 0.2) is 24.4 Å². The highest BCUT2D eigenvalue weighted by molar-refractivity contribution is 7.96. The van der Waals surface area contributed by atoms with Crippen LogP contribution in [-0.2, 0) is 0 Å². The number of carbonyl (C=O) groups is 1. The first-order chi connectivity index (χ1) is 15.4. The summed E-state index contributed by atoms with van der Waals surface area (Å²) < 4.78 is 16.7. The van der Waals surface area contributed by atoms with Crippen molar-refractivity contribution in [1.82, 2.24) is 14.2 Å². The molecular weight excluding hydrogens is 425 g/mol. The Morgan fingerprint density at radius 2 is 1.94 bits per heavy atom. The van der Waals surface area contributed by atoms with Gasteiger partial charge < -0.3 is 9.80 Å². The number of fused-ring (bicyclic) bond motifs is 1. The molecule has 1 aromatic carbocycles. The molecule has 168 valence electrons. The SMILES string of the molecule is CSN1CCN(C(=O)c2cnc3ccc(F)cc3c2N2CCC(C)(C#N)CC2)CC12CC2. The number of hydrogen-bond donors (Lipinski definition) is 0. The van der Waals surface area contributed by atoms with E-state index in [2.05, 4.69) is 26.5 Å². The predicted molar refractivity (Wildman–Crippen MR) is 125 cm³/mol. The third-order valence-electron chi connectivity index (χ3n) is 7.41. The monoisotopic (exact) mass is 453 g/mol. The van der Waals surface area contributed by atoms with Gasteiger partial charge in [0.2, 0.25) is 0 Å². The topological polar surface area (TPSA) is 63.5 Å². The van der Waals surface area contributed by atoms with Gasteiger partial charge in [-0.25, -0.2) is 8.70 Å². The van der Waals surface area contributed by atoms with Crippen molar-refractivity contribution < 1.29 is 9.18 Å². The fourth-order valence-electron chi connectivity index (χ4n) is 5.13. The molecular formula is C24H28FN5OS. The predicted octanol–water partition coefficient (Wildman–Crippen LogP) is 4.07. The maximum absolute atomic E-state index is 14.2. The van der Waals surface area contributed by atoms with Crippen molar-refractivity contribution in [2.75, 3.05) is 43.9 Å². The number of rotatable bonds is 3. The molecule has 2 aliphatic heterocycles. The maximum Gasteiger partial charge on any atom is 0.257 e. The van der Waals surface area contributed by atoms with Gasteiger partial charge in [0.25, 0.3) is 5.91 Å². The minimum atomic E-state index is -0.360. The molecule has 2 saturated heterocycles. The normalized spacial score (nSPS) is 22.2. The molecule has 0 unspecified atom stereocenters. The van der Waals surface area contributed by atoms with Crippen molar-refractivity contribution in [3.63, 3.8) is 0 Å². The lowest BCUT2D eigenvalue weighted by Crippen LogP contribution is -2.54. The maximum atomic E-state index is 14.2. The van der Waals surface area contributed by atoms with Gasteiger partial charge in [-0.1, -0.05) is 11.9 Å². The third-order valence-corrected chi connectivity index (χ3v) is 8.42. The zero-order valence-corrected chi connectivity index (χ0v) is 19.4. The molecule has 32 heavy (non-hydrogen) atoms. The molecule has 0 bridgehead atoms. The van der Waals surface area contributed by atoms with E-state index in [9.17, 15) is 14.4 Å². The molecule has 0 N–H and O–H groups in total. The van der Waals surface area contributed by atoms with Gasteiger partial charge in [-0.05, 0) is 57.1 Å². The summed E-state index contributed by atoms with van der Waals surface area (Å²) >= 11 is 1.76. The lowest BCUT2D eigenvalue weighted by atomic mass is 9.81. The first-order valence-corrected chi connectivity index (χ1v) is 12.4. The summed E-state index contributed by atoms with van der Waals surface area (Å²) in [6.45, 7) is 5.55. The van der Waals surface area contributed by atoms with E-state index in [0.29, 0.717) is 48.9 Å². The molecule has 5 rings (SSSR count). The van der Waals surface area contributed by atoms with Crippen LogP contribution in [0.4, 0.5) is 10.1 Å². The molecule has 3 aliphatic rings. The molecule has 1 spiro atoms. The molecule has 1 amide bonds. The number of nitrogens with zero attached hydrogens (tertiary/aromatic N) is 5. The van der Waals surface area contributed by atoms with Gasteiger partial charge in [0.15, 0.2) is 0 Å². The van der Waals surface area contributed by atoms with E-state index in [1.54, 1.807) is 24.2 Å². The van der Waals surface area contributed by atoms with Crippen molar-refractivity contribution in [2.24, 2.45) is 5.41 Å². The second-order valence-corrected chi connectivity index (χ2v) is 10.4. The number of halogens is 1. The van der Waals surface area contributed by atoms with E-state index in [4.69, 9.17) is 0 Å². The standard InChI is InChI=1S/C24H28FN5OS/c1-23(15-26)7-9-28(10-8-23)21-18-13-17(25)3-4-20(18)27-14-19(21)22(31)29-11-12-30(32-2)24(16-29)5-6-24/h3-4,13-14H,5-12,16H2,1-2H3. The highest BCUT2D eigenvalue weighted by Gasteiger charge is 2.52.